The second-order valence-corrected chi connectivity index (χ2v) is 7.08. The standard InChI is InChI=1S/C18H12BrCl2NO/c19-18-14-9-17-11(10-23-13-3-1-12(20)2-4-13)7-8-22(17)16(14)6-5-15(18)21/h1-6,9-10H,7-8H2/b11-10+. The molecule has 1 aromatic heterocycles. The lowest BCUT2D eigenvalue weighted by molar-refractivity contribution is 0.482. The van der Waals surface area contributed by atoms with Gasteiger partial charge in [-0.05, 0) is 64.8 Å². The van der Waals surface area contributed by atoms with Crippen molar-refractivity contribution in [2.45, 2.75) is 13.0 Å². The second-order valence-electron chi connectivity index (χ2n) is 5.44. The highest BCUT2D eigenvalue weighted by Crippen LogP contribution is 2.39. The smallest absolute Gasteiger partial charge is 0.126 e. The van der Waals surface area contributed by atoms with E-state index in [1.54, 1.807) is 0 Å². The fraction of sp³-hybridized carbons (Fsp3) is 0.111. The van der Waals surface area contributed by atoms with E-state index in [-0.39, 0.29) is 0 Å². The summed E-state index contributed by atoms with van der Waals surface area (Å²) in [5.41, 5.74) is 3.54. The summed E-state index contributed by atoms with van der Waals surface area (Å²) in [6.07, 6.45) is 2.79. The van der Waals surface area contributed by atoms with E-state index in [1.165, 1.54) is 16.8 Å². The van der Waals surface area contributed by atoms with Gasteiger partial charge in [0.2, 0.25) is 0 Å². The number of allylic oxidation sites excluding steroid dienone is 1. The third-order valence-electron chi connectivity index (χ3n) is 4.06. The number of hydrogen-bond donors (Lipinski definition) is 0. The molecule has 0 unspecified atom stereocenters. The Morgan fingerprint density at radius 3 is 2.65 bits per heavy atom. The third kappa shape index (κ3) is 2.67. The van der Waals surface area contributed by atoms with E-state index >= 15 is 0 Å². The van der Waals surface area contributed by atoms with Gasteiger partial charge in [0.15, 0.2) is 0 Å². The van der Waals surface area contributed by atoms with Crippen molar-refractivity contribution in [1.82, 2.24) is 4.57 Å². The molecule has 116 valence electrons. The molecule has 0 radical (unpaired) electrons. The molecule has 0 fully saturated rings. The maximum Gasteiger partial charge on any atom is 0.126 e. The molecular formula is C18H12BrCl2NO. The van der Waals surface area contributed by atoms with Crippen LogP contribution in [0.2, 0.25) is 10.0 Å². The summed E-state index contributed by atoms with van der Waals surface area (Å²) in [4.78, 5) is 0. The molecule has 5 heteroatoms. The molecule has 3 aromatic rings. The minimum absolute atomic E-state index is 0.702. The van der Waals surface area contributed by atoms with Crippen molar-refractivity contribution in [3.05, 3.63) is 68.9 Å². The van der Waals surface area contributed by atoms with Gasteiger partial charge >= 0.3 is 0 Å². The van der Waals surface area contributed by atoms with Crippen LogP contribution in [0.5, 0.6) is 5.75 Å². The van der Waals surface area contributed by atoms with E-state index in [4.69, 9.17) is 27.9 Å². The summed E-state index contributed by atoms with van der Waals surface area (Å²) in [5.74, 6) is 0.778. The number of aromatic nitrogens is 1. The van der Waals surface area contributed by atoms with E-state index in [2.05, 4.69) is 32.6 Å². The highest BCUT2D eigenvalue weighted by Gasteiger charge is 2.21. The minimum Gasteiger partial charge on any atom is -0.465 e. The number of aryl methyl sites for hydroxylation is 1. The second kappa shape index (κ2) is 5.90. The molecule has 2 aromatic carbocycles. The van der Waals surface area contributed by atoms with E-state index in [0.717, 1.165) is 33.6 Å². The number of rotatable bonds is 2. The van der Waals surface area contributed by atoms with Crippen LogP contribution in [0, 0.1) is 0 Å². The molecule has 0 atom stereocenters. The zero-order valence-electron chi connectivity index (χ0n) is 12.0. The lowest BCUT2D eigenvalue weighted by Gasteiger charge is -2.02. The normalized spacial score (nSPS) is 15.3. The van der Waals surface area contributed by atoms with Gasteiger partial charge in [-0.15, -0.1) is 0 Å². The van der Waals surface area contributed by atoms with Crippen LogP contribution in [0.1, 0.15) is 12.1 Å². The van der Waals surface area contributed by atoms with Crippen LogP contribution in [0.15, 0.2) is 53.2 Å². The molecule has 0 bridgehead atoms. The summed E-state index contributed by atoms with van der Waals surface area (Å²) in [6.45, 7) is 0.947. The van der Waals surface area contributed by atoms with Crippen molar-refractivity contribution in [2.75, 3.05) is 0 Å². The van der Waals surface area contributed by atoms with Gasteiger partial charge in [-0.25, -0.2) is 0 Å². The molecule has 0 spiro atoms. The van der Waals surface area contributed by atoms with Crippen molar-refractivity contribution in [1.29, 1.82) is 0 Å². The molecule has 0 N–H and O–H groups in total. The summed E-state index contributed by atoms with van der Waals surface area (Å²) in [6, 6.07) is 13.5. The Kier molecular flexibility index (Phi) is 3.88. The molecule has 23 heavy (non-hydrogen) atoms. The number of hydrogen-bond acceptors (Lipinski definition) is 1. The molecule has 1 aliphatic rings. The average Bonchev–Trinajstić information content (AvgIpc) is 3.10. The molecule has 2 heterocycles. The Labute approximate surface area is 152 Å². The fourth-order valence-corrected chi connectivity index (χ4v) is 3.65. The van der Waals surface area contributed by atoms with Gasteiger partial charge in [0.1, 0.15) is 5.75 Å². The Hall–Kier alpha value is -1.42. The molecule has 0 saturated heterocycles. The Morgan fingerprint density at radius 1 is 1.09 bits per heavy atom. The van der Waals surface area contributed by atoms with Crippen molar-refractivity contribution < 1.29 is 4.74 Å². The zero-order chi connectivity index (χ0) is 16.0. The first-order chi connectivity index (χ1) is 11.1. The van der Waals surface area contributed by atoms with Crippen LogP contribution in [0.25, 0.3) is 16.5 Å². The van der Waals surface area contributed by atoms with E-state index < -0.39 is 0 Å². The van der Waals surface area contributed by atoms with E-state index in [9.17, 15) is 0 Å². The lowest BCUT2D eigenvalue weighted by Crippen LogP contribution is -1.90. The number of benzene rings is 2. The number of fused-ring (bicyclic) bond motifs is 3. The number of ether oxygens (including phenoxy) is 1. The van der Waals surface area contributed by atoms with Crippen LogP contribution >= 0.6 is 39.1 Å². The van der Waals surface area contributed by atoms with Gasteiger partial charge in [0.05, 0.1) is 11.3 Å². The van der Waals surface area contributed by atoms with Gasteiger partial charge in [0.25, 0.3) is 0 Å². The first-order valence-corrected chi connectivity index (χ1v) is 8.77. The van der Waals surface area contributed by atoms with Gasteiger partial charge in [0, 0.05) is 38.2 Å². The van der Waals surface area contributed by atoms with Gasteiger partial charge in [-0.1, -0.05) is 23.2 Å². The van der Waals surface area contributed by atoms with Crippen molar-refractivity contribution in [2.24, 2.45) is 0 Å². The third-order valence-corrected chi connectivity index (χ3v) is 5.71. The van der Waals surface area contributed by atoms with Crippen LogP contribution < -0.4 is 4.74 Å². The number of halogens is 3. The van der Waals surface area contributed by atoms with Crippen LogP contribution in [0.3, 0.4) is 0 Å². The topological polar surface area (TPSA) is 14.2 Å². The highest BCUT2D eigenvalue weighted by molar-refractivity contribution is 9.10. The summed E-state index contributed by atoms with van der Waals surface area (Å²) in [5, 5.41) is 2.56. The summed E-state index contributed by atoms with van der Waals surface area (Å²) in [7, 11) is 0. The van der Waals surface area contributed by atoms with Crippen LogP contribution in [0.4, 0.5) is 0 Å². The van der Waals surface area contributed by atoms with E-state index in [1.807, 2.05) is 36.6 Å². The monoisotopic (exact) mass is 407 g/mol. The predicted octanol–water partition coefficient (Wildman–Crippen LogP) is 6.53. The maximum atomic E-state index is 6.19. The lowest BCUT2D eigenvalue weighted by atomic mass is 10.1. The van der Waals surface area contributed by atoms with Crippen LogP contribution in [-0.4, -0.2) is 4.57 Å². The van der Waals surface area contributed by atoms with Crippen molar-refractivity contribution >= 4 is 55.6 Å². The molecule has 0 aliphatic carbocycles. The van der Waals surface area contributed by atoms with E-state index in [0.29, 0.717) is 5.02 Å². The molecule has 1 aliphatic heterocycles. The van der Waals surface area contributed by atoms with Crippen LogP contribution in [-0.2, 0) is 6.54 Å². The number of nitrogens with zero attached hydrogens (tertiary/aromatic N) is 1. The first kappa shape index (κ1) is 15.1. The minimum atomic E-state index is 0.702. The molecule has 4 rings (SSSR count). The molecular weight excluding hydrogens is 397 g/mol. The first-order valence-electron chi connectivity index (χ1n) is 7.22. The SMILES string of the molecule is Clc1ccc(O/C=C2\CCn3c2cc2c(Br)c(Cl)ccc23)cc1. The predicted molar refractivity (Wildman–Crippen MR) is 99.3 cm³/mol. The Morgan fingerprint density at radius 2 is 1.87 bits per heavy atom. The molecule has 0 amide bonds. The summed E-state index contributed by atoms with van der Waals surface area (Å²) >= 11 is 15.7. The highest BCUT2D eigenvalue weighted by atomic mass is 79.9. The van der Waals surface area contributed by atoms with Crippen molar-refractivity contribution in [3.8, 4) is 5.75 Å². The fourth-order valence-electron chi connectivity index (χ4n) is 2.91. The zero-order valence-corrected chi connectivity index (χ0v) is 15.1. The van der Waals surface area contributed by atoms with Gasteiger partial charge < -0.3 is 9.30 Å². The Bertz CT molecular complexity index is 928. The maximum absolute atomic E-state index is 6.19. The van der Waals surface area contributed by atoms with Crippen molar-refractivity contribution in [3.63, 3.8) is 0 Å². The summed E-state index contributed by atoms with van der Waals surface area (Å²) < 4.78 is 9.02. The average molecular weight is 409 g/mol. The molecule has 2 nitrogen and oxygen atoms in total. The quantitative estimate of drug-likeness (QED) is 0.439. The largest absolute Gasteiger partial charge is 0.465 e. The Balaban J connectivity index is 1.71. The van der Waals surface area contributed by atoms with Gasteiger partial charge in [-0.2, -0.15) is 0 Å². The van der Waals surface area contributed by atoms with Gasteiger partial charge in [-0.3, -0.25) is 0 Å². The molecule has 0 saturated carbocycles.